The number of nitro benzene ring substituents is 1. The molecular formula is C19H19N3O7. The Balaban J connectivity index is 2.07. The zero-order valence-electron chi connectivity index (χ0n) is 15.9. The van der Waals surface area contributed by atoms with Gasteiger partial charge in [-0.3, -0.25) is 30.6 Å². The Morgan fingerprint density at radius 1 is 1.00 bits per heavy atom. The Labute approximate surface area is 166 Å². The molecule has 0 saturated heterocycles. The Morgan fingerprint density at radius 3 is 2.17 bits per heavy atom. The third-order valence-corrected chi connectivity index (χ3v) is 3.77. The van der Waals surface area contributed by atoms with Gasteiger partial charge in [0.15, 0.2) is 11.5 Å². The molecule has 152 valence electrons. The van der Waals surface area contributed by atoms with Gasteiger partial charge in [-0.2, -0.15) is 0 Å². The van der Waals surface area contributed by atoms with Gasteiger partial charge in [-0.1, -0.05) is 12.1 Å². The van der Waals surface area contributed by atoms with Crippen LogP contribution in [0.15, 0.2) is 42.5 Å². The molecule has 10 nitrogen and oxygen atoms in total. The van der Waals surface area contributed by atoms with E-state index in [1.807, 2.05) is 0 Å². The van der Waals surface area contributed by atoms with Crippen molar-refractivity contribution in [2.75, 3.05) is 21.3 Å². The highest BCUT2D eigenvalue weighted by Crippen LogP contribution is 2.38. The first kappa shape index (κ1) is 21.2. The number of rotatable bonds is 7. The fourth-order valence-electron chi connectivity index (χ4n) is 2.40. The molecule has 0 radical (unpaired) electrons. The van der Waals surface area contributed by atoms with E-state index in [9.17, 15) is 19.7 Å². The number of carbonyl (C=O) groups is 2. The van der Waals surface area contributed by atoms with Gasteiger partial charge < -0.3 is 14.2 Å². The van der Waals surface area contributed by atoms with E-state index in [1.54, 1.807) is 6.07 Å². The zero-order chi connectivity index (χ0) is 21.4. The van der Waals surface area contributed by atoms with Gasteiger partial charge in [0.05, 0.1) is 31.8 Å². The number of amides is 2. The number of para-hydroxylation sites is 1. The van der Waals surface area contributed by atoms with Crippen molar-refractivity contribution in [3.05, 3.63) is 63.7 Å². The third kappa shape index (κ3) is 5.22. The van der Waals surface area contributed by atoms with Crippen LogP contribution in [-0.2, 0) is 4.79 Å². The molecule has 2 aromatic rings. The van der Waals surface area contributed by atoms with Crippen molar-refractivity contribution in [2.24, 2.45) is 0 Å². The SMILES string of the molecule is COc1cc(C(=O)NNC(=O)/C=C/c2ccccc2[N+](=O)[O-])cc(OC)c1OC. The van der Waals surface area contributed by atoms with E-state index in [4.69, 9.17) is 14.2 Å². The fraction of sp³-hybridized carbons (Fsp3) is 0.158. The largest absolute Gasteiger partial charge is 0.493 e. The van der Waals surface area contributed by atoms with Crippen molar-refractivity contribution in [1.29, 1.82) is 0 Å². The molecule has 0 spiro atoms. The molecule has 0 aliphatic rings. The molecule has 2 amide bonds. The molecule has 0 fully saturated rings. The van der Waals surface area contributed by atoms with Crippen molar-refractivity contribution in [2.45, 2.75) is 0 Å². The topological polar surface area (TPSA) is 129 Å². The van der Waals surface area contributed by atoms with Crippen LogP contribution < -0.4 is 25.1 Å². The van der Waals surface area contributed by atoms with Gasteiger partial charge in [0, 0.05) is 17.7 Å². The van der Waals surface area contributed by atoms with Gasteiger partial charge in [0.25, 0.3) is 17.5 Å². The summed E-state index contributed by atoms with van der Waals surface area (Å²) in [6.07, 6.45) is 2.34. The average molecular weight is 401 g/mol. The van der Waals surface area contributed by atoms with E-state index < -0.39 is 16.7 Å². The van der Waals surface area contributed by atoms with Gasteiger partial charge in [-0.05, 0) is 24.3 Å². The van der Waals surface area contributed by atoms with Crippen molar-refractivity contribution in [3.63, 3.8) is 0 Å². The lowest BCUT2D eigenvalue weighted by molar-refractivity contribution is -0.385. The van der Waals surface area contributed by atoms with E-state index in [0.29, 0.717) is 5.75 Å². The van der Waals surface area contributed by atoms with E-state index in [1.165, 1.54) is 57.7 Å². The van der Waals surface area contributed by atoms with Crippen LogP contribution in [0, 0.1) is 10.1 Å². The van der Waals surface area contributed by atoms with Gasteiger partial charge in [-0.25, -0.2) is 0 Å². The van der Waals surface area contributed by atoms with Gasteiger partial charge in [0.1, 0.15) is 0 Å². The maximum atomic E-state index is 12.3. The number of methoxy groups -OCH3 is 3. The lowest BCUT2D eigenvalue weighted by Gasteiger charge is -2.14. The number of hydrogen-bond donors (Lipinski definition) is 2. The molecule has 2 aromatic carbocycles. The van der Waals surface area contributed by atoms with Crippen LogP contribution in [0.2, 0.25) is 0 Å². The predicted octanol–water partition coefficient (Wildman–Crippen LogP) is 2.09. The third-order valence-electron chi connectivity index (χ3n) is 3.77. The number of hydrogen-bond acceptors (Lipinski definition) is 7. The van der Waals surface area contributed by atoms with Crippen LogP contribution in [0.1, 0.15) is 15.9 Å². The molecule has 29 heavy (non-hydrogen) atoms. The fourth-order valence-corrected chi connectivity index (χ4v) is 2.40. The summed E-state index contributed by atoms with van der Waals surface area (Å²) in [4.78, 5) is 34.7. The Bertz CT molecular complexity index is 932. The van der Waals surface area contributed by atoms with Crippen LogP contribution in [0.25, 0.3) is 6.08 Å². The van der Waals surface area contributed by atoms with E-state index >= 15 is 0 Å². The van der Waals surface area contributed by atoms with E-state index in [2.05, 4.69) is 10.9 Å². The maximum absolute atomic E-state index is 12.3. The van der Waals surface area contributed by atoms with Crippen LogP contribution in [0.4, 0.5) is 5.69 Å². The lowest BCUT2D eigenvalue weighted by Crippen LogP contribution is -2.40. The smallest absolute Gasteiger partial charge is 0.276 e. The summed E-state index contributed by atoms with van der Waals surface area (Å²) in [5.74, 6) is -0.428. The minimum atomic E-state index is -0.677. The van der Waals surface area contributed by atoms with Gasteiger partial charge >= 0.3 is 0 Å². The summed E-state index contributed by atoms with van der Waals surface area (Å²) < 4.78 is 15.5. The Hall–Kier alpha value is -4.08. The minimum absolute atomic E-state index is 0.141. The molecule has 10 heteroatoms. The molecule has 0 bridgehead atoms. The van der Waals surface area contributed by atoms with Crippen LogP contribution in [-0.4, -0.2) is 38.1 Å². The number of nitrogens with one attached hydrogen (secondary N) is 2. The molecule has 0 aliphatic heterocycles. The maximum Gasteiger partial charge on any atom is 0.276 e. The summed E-state index contributed by atoms with van der Waals surface area (Å²) >= 11 is 0. The second kappa shape index (κ2) is 9.74. The molecule has 0 aromatic heterocycles. The monoisotopic (exact) mass is 401 g/mol. The standard InChI is InChI=1S/C19H19N3O7/c1-27-15-10-13(11-16(28-2)18(15)29-3)19(24)21-20-17(23)9-8-12-6-4-5-7-14(12)22(25)26/h4-11H,1-3H3,(H,20,23)(H,21,24)/b9-8+. The summed E-state index contributed by atoms with van der Waals surface area (Å²) in [7, 11) is 4.26. The van der Waals surface area contributed by atoms with E-state index in [0.717, 1.165) is 6.08 Å². The predicted molar refractivity (Wildman–Crippen MR) is 104 cm³/mol. The second-order valence-electron chi connectivity index (χ2n) is 5.51. The summed E-state index contributed by atoms with van der Waals surface area (Å²) in [5, 5.41) is 11.0. The van der Waals surface area contributed by atoms with Crippen molar-refractivity contribution in [1.82, 2.24) is 10.9 Å². The number of ether oxygens (including phenoxy) is 3. The Morgan fingerprint density at radius 2 is 1.62 bits per heavy atom. The first-order valence-electron chi connectivity index (χ1n) is 8.23. The van der Waals surface area contributed by atoms with Gasteiger partial charge in [-0.15, -0.1) is 0 Å². The molecule has 0 aliphatic carbocycles. The summed E-state index contributed by atoms with van der Waals surface area (Å²) in [6, 6.07) is 8.79. The highest BCUT2D eigenvalue weighted by atomic mass is 16.6. The molecule has 2 N–H and O–H groups in total. The normalized spacial score (nSPS) is 10.3. The van der Waals surface area contributed by atoms with Crippen molar-refractivity contribution < 1.29 is 28.7 Å². The van der Waals surface area contributed by atoms with Gasteiger partial charge in [0.2, 0.25) is 5.75 Å². The molecule has 0 saturated carbocycles. The molecule has 0 unspecified atom stereocenters. The highest BCUT2D eigenvalue weighted by Gasteiger charge is 2.17. The number of hydrazine groups is 1. The first-order chi connectivity index (χ1) is 13.9. The van der Waals surface area contributed by atoms with Crippen LogP contribution in [0.5, 0.6) is 17.2 Å². The molecule has 2 rings (SSSR count). The van der Waals surface area contributed by atoms with Crippen molar-refractivity contribution >= 4 is 23.6 Å². The number of nitro groups is 1. The zero-order valence-corrected chi connectivity index (χ0v) is 15.9. The number of nitrogens with zero attached hydrogens (tertiary/aromatic N) is 1. The summed E-state index contributed by atoms with van der Waals surface area (Å²) in [5.41, 5.74) is 4.70. The molecule has 0 heterocycles. The van der Waals surface area contributed by atoms with Crippen LogP contribution in [0.3, 0.4) is 0 Å². The lowest BCUT2D eigenvalue weighted by atomic mass is 10.1. The quantitative estimate of drug-likeness (QED) is 0.413. The minimum Gasteiger partial charge on any atom is -0.493 e. The second-order valence-corrected chi connectivity index (χ2v) is 5.51. The molecular weight excluding hydrogens is 382 g/mol. The molecule has 0 atom stereocenters. The Kier molecular flexibility index (Phi) is 7.13. The number of carbonyl (C=O) groups excluding carboxylic acids is 2. The van der Waals surface area contributed by atoms with E-state index in [-0.39, 0.29) is 28.3 Å². The number of benzene rings is 2. The van der Waals surface area contributed by atoms with Crippen LogP contribution >= 0.6 is 0 Å². The van der Waals surface area contributed by atoms with Crippen molar-refractivity contribution in [3.8, 4) is 17.2 Å². The average Bonchev–Trinajstić information content (AvgIpc) is 2.74. The first-order valence-corrected chi connectivity index (χ1v) is 8.23. The summed E-state index contributed by atoms with van der Waals surface area (Å²) in [6.45, 7) is 0. The highest BCUT2D eigenvalue weighted by molar-refractivity contribution is 5.98.